The molecule has 1 aliphatic heterocycles. The Morgan fingerprint density at radius 2 is 2.50 bits per heavy atom. The van der Waals surface area contributed by atoms with Crippen LogP contribution in [0.4, 0.5) is 5.95 Å². The fourth-order valence-electron chi connectivity index (χ4n) is 1.92. The van der Waals surface area contributed by atoms with E-state index in [4.69, 9.17) is 4.74 Å². The summed E-state index contributed by atoms with van der Waals surface area (Å²) in [5.74, 6) is 0.668. The molecule has 0 radical (unpaired) electrons. The molecule has 1 atom stereocenters. The second-order valence-electron chi connectivity index (χ2n) is 3.95. The first-order valence-corrected chi connectivity index (χ1v) is 5.59. The number of hydrogen-bond acceptors (Lipinski definition) is 4. The number of hydrogen-bond donors (Lipinski definition) is 1. The van der Waals surface area contributed by atoms with E-state index in [0.717, 1.165) is 31.6 Å². The van der Waals surface area contributed by atoms with Gasteiger partial charge >= 0.3 is 0 Å². The molecule has 3 heterocycles. The summed E-state index contributed by atoms with van der Waals surface area (Å²) in [5, 5.41) is 7.52. The van der Waals surface area contributed by atoms with Crippen LogP contribution in [0.15, 0.2) is 24.4 Å². The van der Waals surface area contributed by atoms with Crippen molar-refractivity contribution in [2.75, 3.05) is 18.5 Å². The predicted molar refractivity (Wildman–Crippen MR) is 60.5 cm³/mol. The summed E-state index contributed by atoms with van der Waals surface area (Å²) in [4.78, 5) is 4.36. The maximum absolute atomic E-state index is 5.52. The van der Waals surface area contributed by atoms with Crippen LogP contribution in [0.5, 0.6) is 0 Å². The highest BCUT2D eigenvalue weighted by Crippen LogP contribution is 2.12. The van der Waals surface area contributed by atoms with Gasteiger partial charge in [0.25, 0.3) is 0 Å². The zero-order valence-corrected chi connectivity index (χ0v) is 8.97. The molecule has 2 aromatic heterocycles. The Labute approximate surface area is 93.4 Å². The lowest BCUT2D eigenvalue weighted by molar-refractivity contribution is 0.120. The molecule has 84 valence electrons. The number of anilines is 1. The Bertz CT molecular complexity index is 443. The molecule has 0 aliphatic carbocycles. The maximum Gasteiger partial charge on any atom is 0.243 e. The van der Waals surface area contributed by atoms with Gasteiger partial charge in [-0.15, -0.1) is 5.10 Å². The van der Waals surface area contributed by atoms with Crippen molar-refractivity contribution in [3.8, 4) is 0 Å². The van der Waals surface area contributed by atoms with Crippen LogP contribution < -0.4 is 5.32 Å². The normalized spacial score (nSPS) is 20.4. The average Bonchev–Trinajstić information content (AvgIpc) is 2.95. The average molecular weight is 218 g/mol. The van der Waals surface area contributed by atoms with Crippen molar-refractivity contribution in [3.63, 3.8) is 0 Å². The van der Waals surface area contributed by atoms with E-state index in [1.165, 1.54) is 0 Å². The summed E-state index contributed by atoms with van der Waals surface area (Å²) < 4.78 is 7.29. The second kappa shape index (κ2) is 4.09. The molecule has 1 fully saturated rings. The highest BCUT2D eigenvalue weighted by atomic mass is 16.5. The van der Waals surface area contributed by atoms with E-state index in [9.17, 15) is 0 Å². The van der Waals surface area contributed by atoms with Crippen molar-refractivity contribution in [2.24, 2.45) is 0 Å². The van der Waals surface area contributed by atoms with Gasteiger partial charge in [0, 0.05) is 19.3 Å². The molecule has 0 saturated carbocycles. The van der Waals surface area contributed by atoms with E-state index in [2.05, 4.69) is 15.4 Å². The Morgan fingerprint density at radius 1 is 1.50 bits per heavy atom. The number of nitrogens with one attached hydrogen (secondary N) is 1. The number of aromatic nitrogens is 3. The quantitative estimate of drug-likeness (QED) is 0.844. The van der Waals surface area contributed by atoms with Gasteiger partial charge in [0.2, 0.25) is 5.95 Å². The van der Waals surface area contributed by atoms with Crippen molar-refractivity contribution in [3.05, 3.63) is 24.4 Å². The lowest BCUT2D eigenvalue weighted by Crippen LogP contribution is -2.18. The summed E-state index contributed by atoms with van der Waals surface area (Å²) in [6.45, 7) is 1.67. The van der Waals surface area contributed by atoms with Gasteiger partial charge in [-0.25, -0.2) is 4.52 Å². The summed E-state index contributed by atoms with van der Waals surface area (Å²) in [6, 6.07) is 5.82. The van der Waals surface area contributed by atoms with Crippen LogP contribution in [-0.2, 0) is 4.74 Å². The van der Waals surface area contributed by atoms with Gasteiger partial charge in [-0.1, -0.05) is 6.07 Å². The van der Waals surface area contributed by atoms with Gasteiger partial charge < -0.3 is 10.1 Å². The maximum atomic E-state index is 5.52. The molecule has 2 aromatic rings. The van der Waals surface area contributed by atoms with Crippen molar-refractivity contribution < 1.29 is 4.74 Å². The van der Waals surface area contributed by atoms with Gasteiger partial charge in [-0.05, 0) is 25.0 Å². The molecule has 0 spiro atoms. The Kier molecular flexibility index (Phi) is 2.46. The monoisotopic (exact) mass is 218 g/mol. The van der Waals surface area contributed by atoms with Crippen molar-refractivity contribution in [1.82, 2.24) is 14.6 Å². The molecule has 3 rings (SSSR count). The standard InChI is InChI=1S/C11H14N4O/c1-2-6-15-10(5-1)13-11(14-15)12-8-9-4-3-7-16-9/h1-2,5-6,9H,3-4,7-8H2,(H,12,14). The van der Waals surface area contributed by atoms with Gasteiger partial charge in [-0.2, -0.15) is 4.98 Å². The van der Waals surface area contributed by atoms with E-state index < -0.39 is 0 Å². The summed E-state index contributed by atoms with van der Waals surface area (Å²) in [7, 11) is 0. The zero-order chi connectivity index (χ0) is 10.8. The minimum absolute atomic E-state index is 0.312. The molecular formula is C11H14N4O. The van der Waals surface area contributed by atoms with Crippen molar-refractivity contribution in [1.29, 1.82) is 0 Å². The van der Waals surface area contributed by atoms with Crippen LogP contribution >= 0.6 is 0 Å². The largest absolute Gasteiger partial charge is 0.376 e. The number of rotatable bonds is 3. The molecule has 5 nitrogen and oxygen atoms in total. The molecule has 1 aliphatic rings. The van der Waals surface area contributed by atoms with Crippen LogP contribution in [-0.4, -0.2) is 33.9 Å². The van der Waals surface area contributed by atoms with Crippen LogP contribution in [0.25, 0.3) is 5.65 Å². The number of ether oxygens (including phenoxy) is 1. The molecule has 0 bridgehead atoms. The first kappa shape index (κ1) is 9.59. The second-order valence-corrected chi connectivity index (χ2v) is 3.95. The number of fused-ring (bicyclic) bond motifs is 1. The third-order valence-electron chi connectivity index (χ3n) is 2.75. The molecule has 1 unspecified atom stereocenters. The lowest BCUT2D eigenvalue weighted by atomic mass is 10.2. The van der Waals surface area contributed by atoms with Crippen LogP contribution in [0, 0.1) is 0 Å². The molecule has 0 aromatic carbocycles. The lowest BCUT2D eigenvalue weighted by Gasteiger charge is -2.08. The first-order valence-electron chi connectivity index (χ1n) is 5.59. The van der Waals surface area contributed by atoms with Gasteiger partial charge in [0.1, 0.15) is 0 Å². The van der Waals surface area contributed by atoms with Crippen LogP contribution in [0.1, 0.15) is 12.8 Å². The van der Waals surface area contributed by atoms with Crippen LogP contribution in [0.3, 0.4) is 0 Å². The van der Waals surface area contributed by atoms with Crippen molar-refractivity contribution in [2.45, 2.75) is 18.9 Å². The van der Waals surface area contributed by atoms with Gasteiger partial charge in [0.15, 0.2) is 5.65 Å². The Balaban J connectivity index is 1.69. The minimum Gasteiger partial charge on any atom is -0.376 e. The third kappa shape index (κ3) is 1.86. The Hall–Kier alpha value is -1.62. The van der Waals surface area contributed by atoms with Crippen LogP contribution in [0.2, 0.25) is 0 Å². The zero-order valence-electron chi connectivity index (χ0n) is 8.97. The van der Waals surface area contributed by atoms with E-state index in [0.29, 0.717) is 12.1 Å². The minimum atomic E-state index is 0.312. The molecule has 0 amide bonds. The fraction of sp³-hybridized carbons (Fsp3) is 0.455. The predicted octanol–water partition coefficient (Wildman–Crippen LogP) is 1.32. The molecular weight excluding hydrogens is 204 g/mol. The fourth-order valence-corrected chi connectivity index (χ4v) is 1.92. The summed E-state index contributed by atoms with van der Waals surface area (Å²) in [5.41, 5.74) is 0.859. The van der Waals surface area contributed by atoms with E-state index in [-0.39, 0.29) is 0 Å². The third-order valence-corrected chi connectivity index (χ3v) is 2.75. The topological polar surface area (TPSA) is 51.5 Å². The molecule has 1 N–H and O–H groups in total. The SMILES string of the molecule is c1ccn2nc(NCC3CCCO3)nc2c1. The van der Waals surface area contributed by atoms with E-state index in [1.54, 1.807) is 4.52 Å². The van der Waals surface area contributed by atoms with E-state index in [1.807, 2.05) is 24.4 Å². The molecule has 5 heteroatoms. The highest BCUT2D eigenvalue weighted by Gasteiger charge is 2.15. The first-order chi connectivity index (χ1) is 7.92. The van der Waals surface area contributed by atoms with E-state index >= 15 is 0 Å². The molecule has 1 saturated heterocycles. The summed E-state index contributed by atoms with van der Waals surface area (Å²) >= 11 is 0. The number of pyridine rings is 1. The Morgan fingerprint density at radius 3 is 3.31 bits per heavy atom. The smallest absolute Gasteiger partial charge is 0.243 e. The van der Waals surface area contributed by atoms with Crippen molar-refractivity contribution >= 4 is 11.6 Å². The van der Waals surface area contributed by atoms with Gasteiger partial charge in [0.05, 0.1) is 6.10 Å². The number of nitrogens with zero attached hydrogens (tertiary/aromatic N) is 3. The van der Waals surface area contributed by atoms with Gasteiger partial charge in [-0.3, -0.25) is 0 Å². The molecule has 16 heavy (non-hydrogen) atoms. The highest BCUT2D eigenvalue weighted by molar-refractivity contribution is 5.42. The summed E-state index contributed by atoms with van der Waals surface area (Å²) in [6.07, 6.45) is 4.48.